The molecule has 0 saturated carbocycles. The normalized spacial score (nSPS) is 16.9. The smallest absolute Gasteiger partial charge is 0.256 e. The number of amides is 2. The van der Waals surface area contributed by atoms with Crippen LogP contribution in [0.25, 0.3) is 16.7 Å². The zero-order chi connectivity index (χ0) is 27.4. The van der Waals surface area contributed by atoms with Crippen LogP contribution in [-0.4, -0.2) is 61.0 Å². The standard InChI is InChI=1S/C29H30BrN7O2/c1-4-24(38)35-13-11-21-25-22(37(34-21)18-7-5-17(6-8-18)16(2)3)12-14-36(23(25)15-35)28(39)19-9-10-20(30)27-26(19)32-29(31)33-27/h4-10,16,23H,1,11-15H2,2-3H3,(H3,31,32,33). The van der Waals surface area contributed by atoms with Gasteiger partial charge >= 0.3 is 0 Å². The van der Waals surface area contributed by atoms with Crippen molar-refractivity contribution in [2.45, 2.75) is 38.6 Å². The molecule has 0 bridgehead atoms. The molecule has 2 aromatic heterocycles. The molecule has 3 N–H and O–H groups in total. The van der Waals surface area contributed by atoms with E-state index in [-0.39, 0.29) is 23.8 Å². The lowest BCUT2D eigenvalue weighted by molar-refractivity contribution is -0.126. The number of anilines is 1. The van der Waals surface area contributed by atoms with E-state index in [1.54, 1.807) is 11.0 Å². The van der Waals surface area contributed by atoms with Gasteiger partial charge < -0.3 is 20.5 Å². The van der Waals surface area contributed by atoms with Crippen LogP contribution in [0.15, 0.2) is 53.5 Å². The van der Waals surface area contributed by atoms with E-state index in [0.717, 1.165) is 27.1 Å². The second-order valence-corrected chi connectivity index (χ2v) is 11.3. The van der Waals surface area contributed by atoms with Crippen LogP contribution in [0.5, 0.6) is 0 Å². The molecule has 10 heteroatoms. The molecule has 2 aromatic carbocycles. The summed E-state index contributed by atoms with van der Waals surface area (Å²) in [5.41, 5.74) is 13.0. The lowest BCUT2D eigenvalue weighted by atomic mass is 9.94. The quantitative estimate of drug-likeness (QED) is 0.341. The van der Waals surface area contributed by atoms with Crippen LogP contribution >= 0.6 is 15.9 Å². The Morgan fingerprint density at radius 2 is 1.92 bits per heavy atom. The number of nitrogen functional groups attached to an aromatic ring is 1. The molecule has 0 fully saturated rings. The van der Waals surface area contributed by atoms with E-state index in [2.05, 4.69) is 70.6 Å². The van der Waals surface area contributed by atoms with Crippen LogP contribution in [0.2, 0.25) is 0 Å². The van der Waals surface area contributed by atoms with Crippen LogP contribution in [0.3, 0.4) is 0 Å². The summed E-state index contributed by atoms with van der Waals surface area (Å²) < 4.78 is 2.79. The zero-order valence-electron chi connectivity index (χ0n) is 21.9. The van der Waals surface area contributed by atoms with Crippen LogP contribution in [-0.2, 0) is 17.6 Å². The molecule has 1 atom stereocenters. The lowest BCUT2D eigenvalue weighted by Gasteiger charge is -2.38. The molecule has 9 nitrogen and oxygen atoms in total. The van der Waals surface area contributed by atoms with E-state index >= 15 is 0 Å². The predicted molar refractivity (Wildman–Crippen MR) is 154 cm³/mol. The monoisotopic (exact) mass is 587 g/mol. The van der Waals surface area contributed by atoms with Crippen LogP contribution < -0.4 is 5.73 Å². The zero-order valence-corrected chi connectivity index (χ0v) is 23.5. The number of nitrogens with two attached hydrogens (primary N) is 1. The number of carbonyl (C=O) groups is 2. The van der Waals surface area contributed by atoms with Crippen molar-refractivity contribution in [1.82, 2.24) is 29.5 Å². The summed E-state index contributed by atoms with van der Waals surface area (Å²) in [4.78, 5) is 37.9. The maximum Gasteiger partial charge on any atom is 0.256 e. The van der Waals surface area contributed by atoms with E-state index in [1.807, 2.05) is 15.6 Å². The summed E-state index contributed by atoms with van der Waals surface area (Å²) in [6.45, 7) is 9.42. The summed E-state index contributed by atoms with van der Waals surface area (Å²) >= 11 is 3.51. The van der Waals surface area contributed by atoms with Gasteiger partial charge in [0.2, 0.25) is 5.91 Å². The first kappa shape index (κ1) is 25.4. The fraction of sp³-hybridized carbons (Fsp3) is 0.310. The van der Waals surface area contributed by atoms with Crippen molar-refractivity contribution in [3.05, 3.63) is 81.6 Å². The number of rotatable bonds is 4. The predicted octanol–water partition coefficient (Wildman–Crippen LogP) is 4.53. The summed E-state index contributed by atoms with van der Waals surface area (Å²) in [5.74, 6) is 0.402. The van der Waals surface area contributed by atoms with Gasteiger partial charge in [0.05, 0.1) is 34.2 Å². The van der Waals surface area contributed by atoms with Crippen molar-refractivity contribution in [2.75, 3.05) is 25.4 Å². The molecule has 2 aliphatic rings. The first-order valence-electron chi connectivity index (χ1n) is 13.1. The molecule has 6 rings (SSSR count). The largest absolute Gasteiger partial charge is 0.369 e. The highest BCUT2D eigenvalue weighted by molar-refractivity contribution is 9.10. The second-order valence-electron chi connectivity index (χ2n) is 10.4. The van der Waals surface area contributed by atoms with Gasteiger partial charge in [-0.05, 0) is 57.8 Å². The second kappa shape index (κ2) is 9.68. The van der Waals surface area contributed by atoms with Gasteiger partial charge in [0, 0.05) is 42.5 Å². The summed E-state index contributed by atoms with van der Waals surface area (Å²) in [6, 6.07) is 11.8. The third kappa shape index (κ3) is 4.23. The molecule has 2 amide bonds. The van der Waals surface area contributed by atoms with Crippen LogP contribution in [0, 0.1) is 0 Å². The first-order chi connectivity index (χ1) is 18.8. The Kier molecular flexibility index (Phi) is 6.29. The van der Waals surface area contributed by atoms with E-state index in [9.17, 15) is 9.59 Å². The third-order valence-electron chi connectivity index (χ3n) is 7.80. The number of fused-ring (bicyclic) bond motifs is 1. The van der Waals surface area contributed by atoms with Gasteiger partial charge in [0.25, 0.3) is 5.91 Å². The first-order valence-corrected chi connectivity index (χ1v) is 13.9. The molecular formula is C29H30BrN7O2. The van der Waals surface area contributed by atoms with Crippen molar-refractivity contribution < 1.29 is 9.59 Å². The Bertz CT molecular complexity index is 1620. The summed E-state index contributed by atoms with van der Waals surface area (Å²) in [6.07, 6.45) is 2.59. The van der Waals surface area contributed by atoms with Crippen molar-refractivity contribution >= 4 is 44.7 Å². The van der Waals surface area contributed by atoms with Crippen molar-refractivity contribution in [2.24, 2.45) is 0 Å². The van der Waals surface area contributed by atoms with Crippen LogP contribution in [0.4, 0.5) is 5.95 Å². The molecule has 0 spiro atoms. The molecule has 0 radical (unpaired) electrons. The molecule has 0 saturated heterocycles. The number of H-pyrrole nitrogens is 1. The number of aromatic amines is 1. The minimum absolute atomic E-state index is 0.139. The molecule has 4 aromatic rings. The summed E-state index contributed by atoms with van der Waals surface area (Å²) in [7, 11) is 0. The van der Waals surface area contributed by atoms with Crippen molar-refractivity contribution in [1.29, 1.82) is 0 Å². The SMILES string of the molecule is C=CC(=O)N1CCc2nn(-c3ccc(C(C)C)cc3)c3c2C(C1)N(C(=O)c1ccc(Br)c2nc(N)[nH]c12)CC3. The van der Waals surface area contributed by atoms with Crippen molar-refractivity contribution in [3.8, 4) is 5.69 Å². The average molecular weight is 589 g/mol. The fourth-order valence-corrected chi connectivity index (χ4v) is 6.21. The number of nitrogens with one attached hydrogen (secondary N) is 1. The lowest BCUT2D eigenvalue weighted by Crippen LogP contribution is -2.45. The van der Waals surface area contributed by atoms with E-state index < -0.39 is 0 Å². The minimum Gasteiger partial charge on any atom is -0.369 e. The minimum atomic E-state index is -0.342. The number of hydrogen-bond donors (Lipinski definition) is 2. The van der Waals surface area contributed by atoms with E-state index in [0.29, 0.717) is 55.0 Å². The topological polar surface area (TPSA) is 113 Å². The third-order valence-corrected chi connectivity index (χ3v) is 8.44. The van der Waals surface area contributed by atoms with Gasteiger partial charge in [0.1, 0.15) is 5.52 Å². The van der Waals surface area contributed by atoms with E-state index in [1.165, 1.54) is 11.6 Å². The maximum atomic E-state index is 14.2. The van der Waals surface area contributed by atoms with Gasteiger partial charge in [-0.15, -0.1) is 0 Å². The number of carbonyl (C=O) groups excluding carboxylic acids is 2. The molecule has 2 aliphatic heterocycles. The molecular weight excluding hydrogens is 558 g/mol. The molecule has 39 heavy (non-hydrogen) atoms. The fourth-order valence-electron chi connectivity index (χ4n) is 5.79. The number of aromatic nitrogens is 4. The highest BCUT2D eigenvalue weighted by atomic mass is 79.9. The van der Waals surface area contributed by atoms with E-state index in [4.69, 9.17) is 10.8 Å². The van der Waals surface area contributed by atoms with Crippen LogP contribution in [0.1, 0.15) is 58.7 Å². The Morgan fingerprint density at radius 3 is 2.64 bits per heavy atom. The Hall–Kier alpha value is -3.92. The Balaban J connectivity index is 1.45. The highest BCUT2D eigenvalue weighted by Crippen LogP contribution is 2.38. The van der Waals surface area contributed by atoms with Gasteiger partial charge in [-0.2, -0.15) is 5.10 Å². The number of benzene rings is 2. The molecule has 4 heterocycles. The molecule has 200 valence electrons. The van der Waals surface area contributed by atoms with Crippen molar-refractivity contribution in [3.63, 3.8) is 0 Å². The molecule has 1 unspecified atom stereocenters. The summed E-state index contributed by atoms with van der Waals surface area (Å²) in [5, 5.41) is 5.04. The highest BCUT2D eigenvalue weighted by Gasteiger charge is 2.40. The van der Waals surface area contributed by atoms with Gasteiger partial charge in [-0.3, -0.25) is 9.59 Å². The Morgan fingerprint density at radius 1 is 1.15 bits per heavy atom. The Labute approximate surface area is 234 Å². The number of hydrogen-bond acceptors (Lipinski definition) is 5. The van der Waals surface area contributed by atoms with Gasteiger partial charge in [0.15, 0.2) is 5.95 Å². The van der Waals surface area contributed by atoms with Gasteiger partial charge in [-0.1, -0.05) is 32.6 Å². The number of imidazole rings is 1. The average Bonchev–Trinajstić information content (AvgIpc) is 3.45. The van der Waals surface area contributed by atoms with Gasteiger partial charge in [-0.25, -0.2) is 9.67 Å². The maximum absolute atomic E-state index is 14.2. The number of halogens is 1. The number of nitrogens with zero attached hydrogens (tertiary/aromatic N) is 5. The molecule has 0 aliphatic carbocycles.